The molecule has 2 aromatic rings. The van der Waals surface area contributed by atoms with Crippen molar-refractivity contribution in [3.8, 4) is 0 Å². The molecule has 1 aromatic carbocycles. The highest BCUT2D eigenvalue weighted by Crippen LogP contribution is 2.28. The van der Waals surface area contributed by atoms with Crippen molar-refractivity contribution in [1.82, 2.24) is 15.1 Å². The van der Waals surface area contributed by atoms with E-state index in [1.54, 1.807) is 0 Å². The summed E-state index contributed by atoms with van der Waals surface area (Å²) in [6, 6.07) is 9.06. The van der Waals surface area contributed by atoms with Crippen molar-refractivity contribution in [3.63, 3.8) is 0 Å². The Morgan fingerprint density at radius 1 is 1.29 bits per heavy atom. The Labute approximate surface area is 143 Å². The number of nitrogens with one attached hydrogen (secondary N) is 1. The molecule has 0 aliphatic carbocycles. The molecule has 5 heteroatoms. The van der Waals surface area contributed by atoms with Gasteiger partial charge in [-0.25, -0.2) is 0 Å². The highest BCUT2D eigenvalue weighted by atomic mass is 79.9. The summed E-state index contributed by atoms with van der Waals surface area (Å²) in [5.74, 6) is 0. The molecule has 0 aliphatic heterocycles. The van der Waals surface area contributed by atoms with E-state index in [1.165, 1.54) is 5.56 Å². The van der Waals surface area contributed by atoms with E-state index in [-0.39, 0.29) is 6.04 Å². The van der Waals surface area contributed by atoms with Gasteiger partial charge in [0.2, 0.25) is 0 Å². The Kier molecular flexibility index (Phi) is 6.02. The van der Waals surface area contributed by atoms with Crippen molar-refractivity contribution in [2.75, 3.05) is 7.05 Å². The molecule has 21 heavy (non-hydrogen) atoms. The topological polar surface area (TPSA) is 29.9 Å². The maximum atomic E-state index is 4.70. The molecule has 1 aromatic heterocycles. The summed E-state index contributed by atoms with van der Waals surface area (Å²) in [5, 5.41) is 8.08. The zero-order valence-corrected chi connectivity index (χ0v) is 15.8. The molecule has 0 bridgehead atoms. The van der Waals surface area contributed by atoms with Crippen LogP contribution < -0.4 is 5.32 Å². The van der Waals surface area contributed by atoms with Crippen molar-refractivity contribution in [2.24, 2.45) is 0 Å². The zero-order valence-electron chi connectivity index (χ0n) is 12.6. The van der Waals surface area contributed by atoms with E-state index in [0.717, 1.165) is 27.5 Å². The van der Waals surface area contributed by atoms with E-state index in [1.807, 2.05) is 13.1 Å². The lowest BCUT2D eigenvalue weighted by Crippen LogP contribution is -2.20. The molecule has 0 radical (unpaired) electrons. The molecule has 3 nitrogen and oxygen atoms in total. The van der Waals surface area contributed by atoms with Crippen molar-refractivity contribution < 1.29 is 0 Å². The van der Waals surface area contributed by atoms with Crippen LogP contribution in [-0.2, 0) is 6.42 Å². The summed E-state index contributed by atoms with van der Waals surface area (Å²) in [6.07, 6.45) is 4.04. The smallest absolute Gasteiger partial charge is 0.0643 e. The monoisotopic (exact) mass is 413 g/mol. The molecule has 0 amide bonds. The molecule has 0 saturated heterocycles. The van der Waals surface area contributed by atoms with Crippen LogP contribution in [0.4, 0.5) is 0 Å². The van der Waals surface area contributed by atoms with E-state index >= 15 is 0 Å². The largest absolute Gasteiger partial charge is 0.313 e. The first-order valence-corrected chi connectivity index (χ1v) is 8.80. The summed E-state index contributed by atoms with van der Waals surface area (Å²) in [7, 11) is 1.99. The van der Waals surface area contributed by atoms with Gasteiger partial charge in [-0.3, -0.25) is 4.68 Å². The van der Waals surface area contributed by atoms with Gasteiger partial charge < -0.3 is 5.32 Å². The van der Waals surface area contributed by atoms with Gasteiger partial charge in [-0.1, -0.05) is 38.8 Å². The van der Waals surface area contributed by atoms with Gasteiger partial charge in [0.05, 0.1) is 5.69 Å². The van der Waals surface area contributed by atoms with Crippen molar-refractivity contribution >= 4 is 31.9 Å². The molecule has 0 aliphatic rings. The highest BCUT2D eigenvalue weighted by Gasteiger charge is 2.16. The second-order valence-corrected chi connectivity index (χ2v) is 7.03. The van der Waals surface area contributed by atoms with Gasteiger partial charge in [0.15, 0.2) is 0 Å². The molecular weight excluding hydrogens is 394 g/mol. The molecule has 2 unspecified atom stereocenters. The first-order chi connectivity index (χ1) is 10.0. The second kappa shape index (κ2) is 7.56. The third-order valence-corrected chi connectivity index (χ3v) is 5.02. The fourth-order valence-electron chi connectivity index (χ4n) is 2.28. The standard InChI is InChI=1S/C16H21Br2N3/c1-4-11(2)21-8-7-13(20-21)10-16(19-3)14-9-12(17)5-6-15(14)18/h5-9,11,16,19H,4,10H2,1-3H3. The first-order valence-electron chi connectivity index (χ1n) is 7.21. The lowest BCUT2D eigenvalue weighted by Gasteiger charge is -2.17. The number of nitrogens with zero attached hydrogens (tertiary/aromatic N) is 2. The number of halogens is 2. The van der Waals surface area contributed by atoms with Crippen LogP contribution >= 0.6 is 31.9 Å². The molecule has 0 saturated carbocycles. The zero-order chi connectivity index (χ0) is 15.4. The van der Waals surface area contributed by atoms with Crippen LogP contribution in [0.1, 0.15) is 43.6 Å². The van der Waals surface area contributed by atoms with Gasteiger partial charge in [0, 0.05) is 33.6 Å². The Morgan fingerprint density at radius 2 is 2.05 bits per heavy atom. The molecular formula is C16H21Br2N3. The summed E-state index contributed by atoms with van der Waals surface area (Å²) in [6.45, 7) is 4.37. The van der Waals surface area contributed by atoms with Gasteiger partial charge in [-0.15, -0.1) is 0 Å². The maximum Gasteiger partial charge on any atom is 0.0643 e. The van der Waals surface area contributed by atoms with E-state index in [2.05, 4.69) is 80.1 Å². The van der Waals surface area contributed by atoms with Crippen LogP contribution in [0.25, 0.3) is 0 Å². The first kappa shape index (κ1) is 16.7. The lowest BCUT2D eigenvalue weighted by atomic mass is 10.0. The fraction of sp³-hybridized carbons (Fsp3) is 0.438. The summed E-state index contributed by atoms with van der Waals surface area (Å²) in [5.41, 5.74) is 2.35. The molecule has 0 fully saturated rings. The minimum Gasteiger partial charge on any atom is -0.313 e. The van der Waals surface area contributed by atoms with Gasteiger partial charge in [-0.05, 0) is 50.2 Å². The van der Waals surface area contributed by atoms with Crippen LogP contribution in [0.2, 0.25) is 0 Å². The van der Waals surface area contributed by atoms with Crippen LogP contribution in [0.3, 0.4) is 0 Å². The Balaban J connectivity index is 2.19. The number of aromatic nitrogens is 2. The van der Waals surface area contributed by atoms with Crippen molar-refractivity contribution in [2.45, 2.75) is 38.8 Å². The van der Waals surface area contributed by atoms with E-state index in [4.69, 9.17) is 5.10 Å². The van der Waals surface area contributed by atoms with E-state index in [9.17, 15) is 0 Å². The average molecular weight is 415 g/mol. The third-order valence-electron chi connectivity index (χ3n) is 3.80. The Bertz CT molecular complexity index is 595. The Morgan fingerprint density at radius 3 is 2.71 bits per heavy atom. The molecule has 114 valence electrons. The number of likely N-dealkylation sites (N-methyl/N-ethyl adjacent to an activating group) is 1. The quantitative estimate of drug-likeness (QED) is 0.729. The minimum absolute atomic E-state index is 0.233. The average Bonchev–Trinajstić information content (AvgIpc) is 2.95. The predicted octanol–water partition coefficient (Wildman–Crippen LogP) is 4.88. The van der Waals surface area contributed by atoms with Crippen LogP contribution in [0, 0.1) is 0 Å². The molecule has 2 atom stereocenters. The number of hydrogen-bond donors (Lipinski definition) is 1. The summed E-state index contributed by atoms with van der Waals surface area (Å²) in [4.78, 5) is 0. The summed E-state index contributed by atoms with van der Waals surface area (Å²) < 4.78 is 4.26. The van der Waals surface area contributed by atoms with Crippen LogP contribution in [0.5, 0.6) is 0 Å². The molecule has 0 spiro atoms. The molecule has 1 heterocycles. The second-order valence-electron chi connectivity index (χ2n) is 5.26. The predicted molar refractivity (Wildman–Crippen MR) is 94.6 cm³/mol. The van der Waals surface area contributed by atoms with E-state index in [0.29, 0.717) is 6.04 Å². The van der Waals surface area contributed by atoms with Gasteiger partial charge in [-0.2, -0.15) is 5.10 Å². The fourth-order valence-corrected chi connectivity index (χ4v) is 3.18. The van der Waals surface area contributed by atoms with Crippen molar-refractivity contribution in [3.05, 3.63) is 50.7 Å². The van der Waals surface area contributed by atoms with E-state index < -0.39 is 0 Å². The highest BCUT2D eigenvalue weighted by molar-refractivity contribution is 9.11. The van der Waals surface area contributed by atoms with Crippen LogP contribution in [-0.4, -0.2) is 16.8 Å². The number of hydrogen-bond acceptors (Lipinski definition) is 2. The van der Waals surface area contributed by atoms with Gasteiger partial charge >= 0.3 is 0 Å². The molecule has 2 rings (SSSR count). The Hall–Kier alpha value is -0.650. The SMILES string of the molecule is CCC(C)n1ccc(CC(NC)c2cc(Br)ccc2Br)n1. The minimum atomic E-state index is 0.233. The lowest BCUT2D eigenvalue weighted by molar-refractivity contribution is 0.469. The number of benzene rings is 1. The maximum absolute atomic E-state index is 4.70. The van der Waals surface area contributed by atoms with Gasteiger partial charge in [0.25, 0.3) is 0 Å². The van der Waals surface area contributed by atoms with Crippen LogP contribution in [0.15, 0.2) is 39.4 Å². The summed E-state index contributed by atoms with van der Waals surface area (Å²) >= 11 is 7.18. The normalized spacial score (nSPS) is 14.1. The third kappa shape index (κ3) is 4.18. The molecule has 1 N–H and O–H groups in total. The van der Waals surface area contributed by atoms with Gasteiger partial charge in [0.1, 0.15) is 0 Å². The van der Waals surface area contributed by atoms with Crippen molar-refractivity contribution in [1.29, 1.82) is 0 Å². The number of rotatable bonds is 6.